The standard InChI is InChI=1S/C14H16BrClF3N5O/c1-3-23-7-9(16)10(21-23)6-20-11(25)4-5-24-8(2)12(15)13(22-24)14(17,18)19/h7H,3-6H2,1-2H3,(H,20,25). The molecule has 0 saturated heterocycles. The molecular weight excluding hydrogens is 427 g/mol. The van der Waals surface area contributed by atoms with Gasteiger partial charge in [-0.1, -0.05) is 11.6 Å². The van der Waals surface area contributed by atoms with Gasteiger partial charge in [-0.2, -0.15) is 23.4 Å². The molecule has 11 heteroatoms. The molecule has 0 radical (unpaired) electrons. The van der Waals surface area contributed by atoms with Crippen molar-refractivity contribution in [3.8, 4) is 0 Å². The van der Waals surface area contributed by atoms with Gasteiger partial charge in [-0.05, 0) is 29.8 Å². The summed E-state index contributed by atoms with van der Waals surface area (Å²) in [5.41, 5.74) is -0.151. The van der Waals surface area contributed by atoms with Crippen molar-refractivity contribution in [3.05, 3.63) is 32.8 Å². The first-order chi connectivity index (χ1) is 11.6. The highest BCUT2D eigenvalue weighted by molar-refractivity contribution is 9.10. The fourth-order valence-corrected chi connectivity index (χ4v) is 2.85. The molecule has 138 valence electrons. The monoisotopic (exact) mass is 441 g/mol. The van der Waals surface area contributed by atoms with E-state index in [-0.39, 0.29) is 29.9 Å². The lowest BCUT2D eigenvalue weighted by molar-refractivity contribution is -0.142. The van der Waals surface area contributed by atoms with Crippen LogP contribution in [0.3, 0.4) is 0 Å². The van der Waals surface area contributed by atoms with Crippen LogP contribution in [0, 0.1) is 6.92 Å². The number of rotatable bonds is 6. The smallest absolute Gasteiger partial charge is 0.350 e. The maximum Gasteiger partial charge on any atom is 0.436 e. The fraction of sp³-hybridized carbons (Fsp3) is 0.500. The van der Waals surface area contributed by atoms with E-state index in [4.69, 9.17) is 11.6 Å². The second kappa shape index (κ2) is 7.77. The number of carbonyl (C=O) groups is 1. The van der Waals surface area contributed by atoms with E-state index in [0.717, 1.165) is 4.68 Å². The average Bonchev–Trinajstić information content (AvgIpc) is 3.04. The average molecular weight is 443 g/mol. The van der Waals surface area contributed by atoms with Gasteiger partial charge in [0.2, 0.25) is 5.91 Å². The summed E-state index contributed by atoms with van der Waals surface area (Å²) in [5, 5.41) is 10.8. The number of nitrogens with one attached hydrogen (secondary N) is 1. The van der Waals surface area contributed by atoms with Crippen molar-refractivity contribution in [2.45, 2.75) is 46.1 Å². The first-order valence-corrected chi connectivity index (χ1v) is 8.59. The van der Waals surface area contributed by atoms with Gasteiger partial charge < -0.3 is 5.32 Å². The summed E-state index contributed by atoms with van der Waals surface area (Å²) < 4.78 is 41.1. The molecule has 0 atom stereocenters. The summed E-state index contributed by atoms with van der Waals surface area (Å²) in [5.74, 6) is -0.332. The number of aromatic nitrogens is 4. The van der Waals surface area contributed by atoms with E-state index < -0.39 is 11.9 Å². The topological polar surface area (TPSA) is 64.7 Å². The molecule has 0 spiro atoms. The molecule has 0 fully saturated rings. The van der Waals surface area contributed by atoms with E-state index >= 15 is 0 Å². The largest absolute Gasteiger partial charge is 0.436 e. The van der Waals surface area contributed by atoms with Crippen molar-refractivity contribution >= 4 is 33.4 Å². The van der Waals surface area contributed by atoms with Crippen LogP contribution in [0.4, 0.5) is 13.2 Å². The van der Waals surface area contributed by atoms with Gasteiger partial charge in [0, 0.05) is 19.2 Å². The SMILES string of the molecule is CCn1cc(Cl)c(CNC(=O)CCn2nc(C(F)(F)F)c(Br)c2C)n1. The molecule has 2 aromatic heterocycles. The number of carbonyl (C=O) groups excluding carboxylic acids is 1. The van der Waals surface area contributed by atoms with Crippen LogP contribution >= 0.6 is 27.5 Å². The van der Waals surface area contributed by atoms with Crippen LogP contribution in [0.2, 0.25) is 5.02 Å². The fourth-order valence-electron chi connectivity index (χ4n) is 2.12. The maximum absolute atomic E-state index is 12.8. The number of alkyl halides is 3. The summed E-state index contributed by atoms with van der Waals surface area (Å²) in [6.07, 6.45) is -2.91. The molecule has 0 bridgehead atoms. The Balaban J connectivity index is 1.93. The van der Waals surface area contributed by atoms with Crippen molar-refractivity contribution < 1.29 is 18.0 Å². The molecule has 0 saturated carbocycles. The zero-order valence-electron chi connectivity index (χ0n) is 13.5. The molecule has 1 amide bonds. The molecule has 6 nitrogen and oxygen atoms in total. The van der Waals surface area contributed by atoms with Gasteiger partial charge >= 0.3 is 6.18 Å². The van der Waals surface area contributed by atoms with Crippen molar-refractivity contribution in [2.24, 2.45) is 0 Å². The third-order valence-corrected chi connectivity index (χ3v) is 4.78. The Morgan fingerprint density at radius 3 is 2.60 bits per heavy atom. The van der Waals surface area contributed by atoms with Gasteiger partial charge in [-0.25, -0.2) is 0 Å². The van der Waals surface area contributed by atoms with Crippen LogP contribution in [-0.4, -0.2) is 25.5 Å². The Morgan fingerprint density at radius 1 is 1.40 bits per heavy atom. The van der Waals surface area contributed by atoms with E-state index in [1.807, 2.05) is 6.92 Å². The van der Waals surface area contributed by atoms with Crippen LogP contribution in [0.15, 0.2) is 10.7 Å². The molecule has 0 aliphatic rings. The van der Waals surface area contributed by atoms with Gasteiger partial charge in [-0.15, -0.1) is 0 Å². The van der Waals surface area contributed by atoms with Crippen LogP contribution in [0.1, 0.15) is 30.4 Å². The third kappa shape index (κ3) is 4.75. The Hall–Kier alpha value is -1.55. The normalized spacial score (nSPS) is 11.8. The minimum Gasteiger partial charge on any atom is -0.350 e. The summed E-state index contributed by atoms with van der Waals surface area (Å²) in [4.78, 5) is 11.9. The molecular formula is C14H16BrClF3N5O. The van der Waals surface area contributed by atoms with E-state index in [2.05, 4.69) is 31.4 Å². The molecule has 2 heterocycles. The van der Waals surface area contributed by atoms with Gasteiger partial charge in [0.1, 0.15) is 5.69 Å². The van der Waals surface area contributed by atoms with E-state index in [1.165, 1.54) is 6.92 Å². The quantitative estimate of drug-likeness (QED) is 0.744. The molecule has 0 aliphatic carbocycles. The number of nitrogens with zero attached hydrogens (tertiary/aromatic N) is 4. The maximum atomic E-state index is 12.8. The Morgan fingerprint density at radius 2 is 2.08 bits per heavy atom. The first-order valence-electron chi connectivity index (χ1n) is 7.42. The second-order valence-corrected chi connectivity index (χ2v) is 6.48. The summed E-state index contributed by atoms with van der Waals surface area (Å²) in [6.45, 7) is 4.25. The van der Waals surface area contributed by atoms with E-state index in [1.54, 1.807) is 10.9 Å². The lowest BCUT2D eigenvalue weighted by Crippen LogP contribution is -2.24. The Kier molecular flexibility index (Phi) is 6.15. The molecule has 2 aromatic rings. The summed E-state index contributed by atoms with van der Waals surface area (Å²) in [7, 11) is 0. The molecule has 0 unspecified atom stereocenters. The van der Waals surface area contributed by atoms with Crippen molar-refractivity contribution in [1.29, 1.82) is 0 Å². The summed E-state index contributed by atoms with van der Waals surface area (Å²) >= 11 is 8.90. The molecule has 25 heavy (non-hydrogen) atoms. The number of halogens is 5. The zero-order chi connectivity index (χ0) is 18.8. The van der Waals surface area contributed by atoms with Gasteiger partial charge in [0.15, 0.2) is 5.69 Å². The molecule has 0 aliphatic heterocycles. The molecule has 2 rings (SSSR count). The van der Waals surface area contributed by atoms with Crippen LogP contribution in [0.25, 0.3) is 0 Å². The predicted octanol–water partition coefficient (Wildman–Crippen LogP) is 3.55. The number of hydrogen-bond acceptors (Lipinski definition) is 3. The van der Waals surface area contributed by atoms with Crippen LogP contribution in [-0.2, 0) is 30.6 Å². The van der Waals surface area contributed by atoms with Crippen molar-refractivity contribution in [1.82, 2.24) is 24.9 Å². The summed E-state index contributed by atoms with van der Waals surface area (Å²) in [6, 6.07) is 0. The lowest BCUT2D eigenvalue weighted by Gasteiger charge is -2.06. The third-order valence-electron chi connectivity index (χ3n) is 3.52. The number of hydrogen-bond donors (Lipinski definition) is 1. The highest BCUT2D eigenvalue weighted by Gasteiger charge is 2.37. The Bertz CT molecular complexity index is 771. The minimum atomic E-state index is -4.55. The van der Waals surface area contributed by atoms with Gasteiger partial charge in [-0.3, -0.25) is 14.2 Å². The number of aryl methyl sites for hydroxylation is 2. The first kappa shape index (κ1) is 19.8. The van der Waals surface area contributed by atoms with Crippen LogP contribution in [0.5, 0.6) is 0 Å². The Labute approximate surface area is 155 Å². The minimum absolute atomic E-state index is 0.0155. The second-order valence-electron chi connectivity index (χ2n) is 5.28. The van der Waals surface area contributed by atoms with Gasteiger partial charge in [0.25, 0.3) is 0 Å². The molecule has 0 aromatic carbocycles. The van der Waals surface area contributed by atoms with Crippen LogP contribution < -0.4 is 5.32 Å². The number of amides is 1. The highest BCUT2D eigenvalue weighted by Crippen LogP contribution is 2.35. The lowest BCUT2D eigenvalue weighted by atomic mass is 10.3. The molecule has 1 N–H and O–H groups in total. The zero-order valence-corrected chi connectivity index (χ0v) is 15.8. The highest BCUT2D eigenvalue weighted by atomic mass is 79.9. The van der Waals surface area contributed by atoms with Crippen molar-refractivity contribution in [3.63, 3.8) is 0 Å². The van der Waals surface area contributed by atoms with Crippen molar-refractivity contribution in [2.75, 3.05) is 0 Å². The van der Waals surface area contributed by atoms with E-state index in [0.29, 0.717) is 23.0 Å². The van der Waals surface area contributed by atoms with E-state index in [9.17, 15) is 18.0 Å². The van der Waals surface area contributed by atoms with Gasteiger partial charge in [0.05, 0.1) is 28.3 Å². The predicted molar refractivity (Wildman–Crippen MR) is 89.0 cm³/mol.